The molecule has 1 aromatic rings. The number of hydrogen-bond acceptors (Lipinski definition) is 3. The van der Waals surface area contributed by atoms with E-state index >= 15 is 0 Å². The molecular formula is C11H17NO2. The van der Waals surface area contributed by atoms with Gasteiger partial charge < -0.3 is 15.2 Å². The predicted molar refractivity (Wildman–Crippen MR) is 56.5 cm³/mol. The second-order valence-electron chi connectivity index (χ2n) is 3.17. The van der Waals surface area contributed by atoms with Crippen molar-refractivity contribution < 1.29 is 9.84 Å². The number of rotatable bonds is 5. The Balaban J connectivity index is 2.57. The summed E-state index contributed by atoms with van der Waals surface area (Å²) in [6.07, 6.45) is 0. The zero-order chi connectivity index (χ0) is 10.4. The highest BCUT2D eigenvalue weighted by molar-refractivity contribution is 5.28. The van der Waals surface area contributed by atoms with Crippen LogP contribution in [0.1, 0.15) is 18.5 Å². The van der Waals surface area contributed by atoms with Crippen LogP contribution in [0.2, 0.25) is 0 Å². The molecule has 0 aliphatic carbocycles. The van der Waals surface area contributed by atoms with Gasteiger partial charge in [-0.2, -0.15) is 0 Å². The molecule has 2 N–H and O–H groups in total. The van der Waals surface area contributed by atoms with Gasteiger partial charge in [-0.3, -0.25) is 0 Å². The average molecular weight is 195 g/mol. The molecule has 0 radical (unpaired) electrons. The summed E-state index contributed by atoms with van der Waals surface area (Å²) >= 11 is 0. The highest BCUT2D eigenvalue weighted by Crippen LogP contribution is 2.16. The minimum Gasteiger partial charge on any atom is -0.497 e. The molecule has 1 aromatic carbocycles. The van der Waals surface area contributed by atoms with Gasteiger partial charge in [-0.05, 0) is 24.6 Å². The third-order valence-corrected chi connectivity index (χ3v) is 2.18. The van der Waals surface area contributed by atoms with Gasteiger partial charge in [-0.15, -0.1) is 0 Å². The Kier molecular flexibility index (Phi) is 4.43. The summed E-state index contributed by atoms with van der Waals surface area (Å²) < 4.78 is 5.07. The first-order chi connectivity index (χ1) is 6.77. The molecule has 0 aromatic heterocycles. The molecule has 0 bridgehead atoms. The van der Waals surface area contributed by atoms with Gasteiger partial charge >= 0.3 is 0 Å². The lowest BCUT2D eigenvalue weighted by Crippen LogP contribution is -2.21. The molecule has 3 nitrogen and oxygen atoms in total. The van der Waals surface area contributed by atoms with E-state index in [0.29, 0.717) is 6.54 Å². The second kappa shape index (κ2) is 5.62. The molecule has 0 amide bonds. The number of aliphatic hydroxyl groups is 1. The number of nitrogens with one attached hydrogen (secondary N) is 1. The van der Waals surface area contributed by atoms with Crippen LogP contribution in [-0.4, -0.2) is 25.4 Å². The SMILES string of the molecule is COc1ccc([C@H](C)NCCO)cc1. The predicted octanol–water partition coefficient (Wildman–Crippen LogP) is 1.34. The fourth-order valence-corrected chi connectivity index (χ4v) is 1.29. The first-order valence-corrected chi connectivity index (χ1v) is 4.76. The second-order valence-corrected chi connectivity index (χ2v) is 3.17. The van der Waals surface area contributed by atoms with Gasteiger partial charge in [0.05, 0.1) is 13.7 Å². The molecule has 0 saturated carbocycles. The average Bonchev–Trinajstić information content (AvgIpc) is 2.26. The fourth-order valence-electron chi connectivity index (χ4n) is 1.29. The minimum atomic E-state index is 0.167. The Morgan fingerprint density at radius 2 is 2.00 bits per heavy atom. The van der Waals surface area contributed by atoms with Crippen molar-refractivity contribution in [3.63, 3.8) is 0 Å². The standard InChI is InChI=1S/C11H17NO2/c1-9(12-7-8-13)10-3-5-11(14-2)6-4-10/h3-6,9,12-13H,7-8H2,1-2H3/t9-/m0/s1. The molecule has 0 aliphatic rings. The molecule has 78 valence electrons. The van der Waals surface area contributed by atoms with Crippen molar-refractivity contribution in [2.24, 2.45) is 0 Å². The lowest BCUT2D eigenvalue weighted by atomic mass is 10.1. The Morgan fingerprint density at radius 1 is 1.36 bits per heavy atom. The zero-order valence-corrected chi connectivity index (χ0v) is 8.66. The van der Waals surface area contributed by atoms with Gasteiger partial charge in [-0.1, -0.05) is 12.1 Å². The third kappa shape index (κ3) is 3.01. The molecule has 0 unspecified atom stereocenters. The van der Waals surface area contributed by atoms with E-state index in [9.17, 15) is 0 Å². The van der Waals surface area contributed by atoms with Crippen LogP contribution in [0, 0.1) is 0 Å². The van der Waals surface area contributed by atoms with E-state index < -0.39 is 0 Å². The van der Waals surface area contributed by atoms with Crippen LogP contribution in [0.4, 0.5) is 0 Å². The highest BCUT2D eigenvalue weighted by Gasteiger charge is 2.03. The third-order valence-electron chi connectivity index (χ3n) is 2.18. The highest BCUT2D eigenvalue weighted by atomic mass is 16.5. The molecule has 0 saturated heterocycles. The van der Waals surface area contributed by atoms with E-state index in [-0.39, 0.29) is 12.6 Å². The van der Waals surface area contributed by atoms with Gasteiger partial charge in [0.25, 0.3) is 0 Å². The van der Waals surface area contributed by atoms with Crippen LogP contribution in [0.25, 0.3) is 0 Å². The van der Waals surface area contributed by atoms with Gasteiger partial charge in [0.15, 0.2) is 0 Å². The smallest absolute Gasteiger partial charge is 0.118 e. The van der Waals surface area contributed by atoms with Crippen molar-refractivity contribution in [1.82, 2.24) is 5.32 Å². The maximum atomic E-state index is 8.66. The molecule has 1 rings (SSSR count). The first-order valence-electron chi connectivity index (χ1n) is 4.76. The lowest BCUT2D eigenvalue weighted by molar-refractivity contribution is 0.286. The van der Waals surface area contributed by atoms with Gasteiger partial charge in [0.2, 0.25) is 0 Å². The summed E-state index contributed by atoms with van der Waals surface area (Å²) in [5.74, 6) is 0.864. The van der Waals surface area contributed by atoms with Crippen LogP contribution in [0.3, 0.4) is 0 Å². The van der Waals surface area contributed by atoms with Gasteiger partial charge in [0.1, 0.15) is 5.75 Å². The van der Waals surface area contributed by atoms with E-state index in [4.69, 9.17) is 9.84 Å². The maximum Gasteiger partial charge on any atom is 0.118 e. The summed E-state index contributed by atoms with van der Waals surface area (Å²) in [7, 11) is 1.66. The number of hydrogen-bond donors (Lipinski definition) is 2. The number of methoxy groups -OCH3 is 1. The Morgan fingerprint density at radius 3 is 2.50 bits per heavy atom. The summed E-state index contributed by atoms with van der Waals surface area (Å²) in [6.45, 7) is 2.85. The van der Waals surface area contributed by atoms with E-state index in [1.165, 1.54) is 5.56 Å². The van der Waals surface area contributed by atoms with Crippen LogP contribution < -0.4 is 10.1 Å². The lowest BCUT2D eigenvalue weighted by Gasteiger charge is -2.13. The van der Waals surface area contributed by atoms with Gasteiger partial charge in [-0.25, -0.2) is 0 Å². The largest absolute Gasteiger partial charge is 0.497 e. The van der Waals surface area contributed by atoms with Crippen molar-refractivity contribution in [1.29, 1.82) is 0 Å². The zero-order valence-electron chi connectivity index (χ0n) is 8.66. The molecule has 0 heterocycles. The topological polar surface area (TPSA) is 41.5 Å². The Labute approximate surface area is 84.7 Å². The van der Waals surface area contributed by atoms with Crippen molar-refractivity contribution >= 4 is 0 Å². The van der Waals surface area contributed by atoms with Crippen molar-refractivity contribution in [2.45, 2.75) is 13.0 Å². The number of ether oxygens (including phenoxy) is 1. The van der Waals surface area contributed by atoms with Crippen LogP contribution in [0.15, 0.2) is 24.3 Å². The van der Waals surface area contributed by atoms with Crippen LogP contribution in [-0.2, 0) is 0 Å². The monoisotopic (exact) mass is 195 g/mol. The van der Waals surface area contributed by atoms with Crippen LogP contribution >= 0.6 is 0 Å². The van der Waals surface area contributed by atoms with E-state index in [0.717, 1.165) is 5.75 Å². The van der Waals surface area contributed by atoms with Crippen LogP contribution in [0.5, 0.6) is 5.75 Å². The summed E-state index contributed by atoms with van der Waals surface area (Å²) in [5.41, 5.74) is 1.19. The van der Waals surface area contributed by atoms with Crippen molar-refractivity contribution in [2.75, 3.05) is 20.3 Å². The molecule has 3 heteroatoms. The van der Waals surface area contributed by atoms with Crippen molar-refractivity contribution in [3.05, 3.63) is 29.8 Å². The maximum absolute atomic E-state index is 8.66. The number of aliphatic hydroxyl groups excluding tert-OH is 1. The van der Waals surface area contributed by atoms with E-state index in [1.54, 1.807) is 7.11 Å². The minimum absolute atomic E-state index is 0.167. The first kappa shape index (κ1) is 11.0. The molecule has 0 spiro atoms. The number of benzene rings is 1. The van der Waals surface area contributed by atoms with E-state index in [1.807, 2.05) is 24.3 Å². The quantitative estimate of drug-likeness (QED) is 0.745. The summed E-state index contributed by atoms with van der Waals surface area (Å²) in [6, 6.07) is 8.17. The fraction of sp³-hybridized carbons (Fsp3) is 0.455. The molecule has 14 heavy (non-hydrogen) atoms. The molecule has 1 atom stereocenters. The Hall–Kier alpha value is -1.06. The van der Waals surface area contributed by atoms with E-state index in [2.05, 4.69) is 12.2 Å². The van der Waals surface area contributed by atoms with Crippen molar-refractivity contribution in [3.8, 4) is 5.75 Å². The van der Waals surface area contributed by atoms with Gasteiger partial charge in [0, 0.05) is 12.6 Å². The summed E-state index contributed by atoms with van der Waals surface area (Å²) in [4.78, 5) is 0. The summed E-state index contributed by atoms with van der Waals surface area (Å²) in [5, 5.41) is 11.9. The molecule has 0 aliphatic heterocycles. The molecule has 0 fully saturated rings. The normalized spacial score (nSPS) is 12.5. The molecular weight excluding hydrogens is 178 g/mol. The Bertz CT molecular complexity index is 258.